The second-order valence-electron chi connectivity index (χ2n) is 4.57. The quantitative estimate of drug-likeness (QED) is 0.907. The molecule has 0 unspecified atom stereocenters. The van der Waals surface area contributed by atoms with E-state index in [0.717, 1.165) is 29.6 Å². The van der Waals surface area contributed by atoms with E-state index in [1.54, 1.807) is 4.52 Å². The minimum absolute atomic E-state index is 0.654. The molecule has 3 rings (SSSR count). The van der Waals surface area contributed by atoms with E-state index in [2.05, 4.69) is 36.6 Å². The van der Waals surface area contributed by atoms with Crippen molar-refractivity contribution in [2.75, 3.05) is 18.4 Å². The van der Waals surface area contributed by atoms with E-state index in [4.69, 9.17) is 0 Å². The summed E-state index contributed by atoms with van der Waals surface area (Å²) in [5.74, 6) is 0.694. The zero-order valence-corrected chi connectivity index (χ0v) is 11.7. The number of nitrogens with one attached hydrogen (secondary N) is 2. The number of fused-ring (bicyclic) bond motifs is 1. The smallest absolute Gasteiger partial charge is 0.243 e. The molecule has 0 aromatic carbocycles. The van der Waals surface area contributed by atoms with E-state index in [1.165, 1.54) is 12.8 Å². The first kappa shape index (κ1) is 11.9. The summed E-state index contributed by atoms with van der Waals surface area (Å²) < 4.78 is 2.74. The number of anilines is 1. The molecule has 2 aromatic heterocycles. The molecule has 0 amide bonds. The number of hydrogen-bond donors (Lipinski definition) is 2. The van der Waals surface area contributed by atoms with Gasteiger partial charge in [-0.15, -0.1) is 5.10 Å². The lowest BCUT2D eigenvalue weighted by Gasteiger charge is -2.09. The van der Waals surface area contributed by atoms with Gasteiger partial charge >= 0.3 is 0 Å². The molecule has 1 saturated heterocycles. The normalized spacial score (nSPS) is 19.5. The minimum atomic E-state index is 0.654. The lowest BCUT2D eigenvalue weighted by molar-refractivity contribution is 0.573. The Morgan fingerprint density at radius 1 is 1.56 bits per heavy atom. The first-order valence-corrected chi connectivity index (χ1v) is 7.10. The van der Waals surface area contributed by atoms with E-state index in [0.29, 0.717) is 12.0 Å². The van der Waals surface area contributed by atoms with Gasteiger partial charge in [0.1, 0.15) is 0 Å². The fraction of sp³-hybridized carbons (Fsp3) is 0.500. The molecule has 1 aliphatic heterocycles. The Morgan fingerprint density at radius 2 is 2.50 bits per heavy atom. The highest BCUT2D eigenvalue weighted by atomic mass is 79.9. The topological polar surface area (TPSA) is 54.2 Å². The molecule has 6 heteroatoms. The Kier molecular flexibility index (Phi) is 3.47. The Labute approximate surface area is 114 Å². The van der Waals surface area contributed by atoms with E-state index >= 15 is 0 Å². The number of rotatable bonds is 4. The third kappa shape index (κ3) is 2.49. The molecule has 1 fully saturated rings. The van der Waals surface area contributed by atoms with Crippen molar-refractivity contribution in [2.24, 2.45) is 0 Å². The second-order valence-corrected chi connectivity index (χ2v) is 5.42. The third-order valence-corrected chi connectivity index (χ3v) is 3.87. The number of halogens is 1. The second kappa shape index (κ2) is 5.24. The number of hydrogen-bond acceptors (Lipinski definition) is 4. The summed E-state index contributed by atoms with van der Waals surface area (Å²) >= 11 is 3.47. The van der Waals surface area contributed by atoms with Gasteiger partial charge < -0.3 is 10.6 Å². The van der Waals surface area contributed by atoms with Gasteiger partial charge in [0.25, 0.3) is 0 Å². The molecule has 1 aliphatic rings. The van der Waals surface area contributed by atoms with E-state index < -0.39 is 0 Å². The number of aromatic nitrogens is 3. The van der Waals surface area contributed by atoms with Crippen LogP contribution in [-0.4, -0.2) is 33.7 Å². The molecule has 18 heavy (non-hydrogen) atoms. The maximum Gasteiger partial charge on any atom is 0.243 e. The van der Waals surface area contributed by atoms with Crippen LogP contribution in [0, 0.1) is 0 Å². The Hall–Kier alpha value is -1.14. The summed E-state index contributed by atoms with van der Waals surface area (Å²) in [7, 11) is 0. The van der Waals surface area contributed by atoms with Crippen molar-refractivity contribution in [1.29, 1.82) is 0 Å². The summed E-state index contributed by atoms with van der Waals surface area (Å²) in [6.45, 7) is 2.07. The molecule has 3 heterocycles. The largest absolute Gasteiger partial charge is 0.353 e. The monoisotopic (exact) mass is 309 g/mol. The van der Waals surface area contributed by atoms with Gasteiger partial charge in [-0.1, -0.05) is 0 Å². The lowest BCUT2D eigenvalue weighted by Crippen LogP contribution is -2.24. The Morgan fingerprint density at radius 3 is 3.28 bits per heavy atom. The molecular formula is C12H16BrN5. The van der Waals surface area contributed by atoms with Crippen LogP contribution < -0.4 is 10.6 Å². The van der Waals surface area contributed by atoms with Gasteiger partial charge in [0.05, 0.1) is 4.47 Å². The van der Waals surface area contributed by atoms with E-state index in [1.807, 2.05) is 18.3 Å². The standard InChI is InChI=1S/C12H16BrN5/c13-10-4-2-8-18-11(10)16-12(17-18)15-7-5-9-3-1-6-14-9/h2,4,8-9,14H,1,3,5-7H2,(H,15,17)/t9-/m0/s1. The molecule has 0 spiro atoms. The molecule has 0 saturated carbocycles. The molecule has 2 aromatic rings. The van der Waals surface area contributed by atoms with Crippen molar-refractivity contribution in [3.8, 4) is 0 Å². The van der Waals surface area contributed by atoms with Gasteiger partial charge in [0, 0.05) is 18.8 Å². The lowest BCUT2D eigenvalue weighted by atomic mass is 10.2. The van der Waals surface area contributed by atoms with Crippen molar-refractivity contribution >= 4 is 27.5 Å². The molecule has 0 aliphatic carbocycles. The van der Waals surface area contributed by atoms with Crippen LogP contribution in [0.1, 0.15) is 19.3 Å². The van der Waals surface area contributed by atoms with E-state index in [-0.39, 0.29) is 0 Å². The molecule has 5 nitrogen and oxygen atoms in total. The minimum Gasteiger partial charge on any atom is -0.353 e. The van der Waals surface area contributed by atoms with Crippen molar-refractivity contribution in [1.82, 2.24) is 19.9 Å². The SMILES string of the molecule is Brc1cccn2nc(NCC[C@@H]3CCCN3)nc12. The van der Waals surface area contributed by atoms with Gasteiger partial charge in [-0.2, -0.15) is 4.98 Å². The Bertz CT molecular complexity index is 532. The summed E-state index contributed by atoms with van der Waals surface area (Å²) in [5.41, 5.74) is 0.846. The van der Waals surface area contributed by atoms with Crippen molar-refractivity contribution in [3.63, 3.8) is 0 Å². The van der Waals surface area contributed by atoms with Crippen LogP contribution in [0.25, 0.3) is 5.65 Å². The maximum absolute atomic E-state index is 4.45. The predicted molar refractivity (Wildman–Crippen MR) is 74.8 cm³/mol. The average Bonchev–Trinajstić information content (AvgIpc) is 2.98. The fourth-order valence-electron chi connectivity index (χ4n) is 2.31. The summed E-state index contributed by atoms with van der Waals surface area (Å²) in [6.07, 6.45) is 5.60. The Balaban J connectivity index is 1.62. The first-order chi connectivity index (χ1) is 8.83. The molecule has 96 valence electrons. The highest BCUT2D eigenvalue weighted by molar-refractivity contribution is 9.10. The van der Waals surface area contributed by atoms with Gasteiger partial charge in [0.15, 0.2) is 5.65 Å². The van der Waals surface area contributed by atoms with Crippen LogP contribution in [0.5, 0.6) is 0 Å². The summed E-state index contributed by atoms with van der Waals surface area (Å²) in [4.78, 5) is 4.45. The molecule has 1 atom stereocenters. The predicted octanol–water partition coefficient (Wildman–Crippen LogP) is 2.05. The number of pyridine rings is 1. The van der Waals surface area contributed by atoms with Crippen LogP contribution in [0.3, 0.4) is 0 Å². The summed E-state index contributed by atoms with van der Waals surface area (Å²) in [5, 5.41) is 11.2. The van der Waals surface area contributed by atoms with Crippen LogP contribution in [0.15, 0.2) is 22.8 Å². The van der Waals surface area contributed by atoms with E-state index in [9.17, 15) is 0 Å². The highest BCUT2D eigenvalue weighted by Gasteiger charge is 2.13. The maximum atomic E-state index is 4.45. The van der Waals surface area contributed by atoms with Crippen LogP contribution >= 0.6 is 15.9 Å². The molecule has 0 bridgehead atoms. The van der Waals surface area contributed by atoms with Crippen molar-refractivity contribution < 1.29 is 0 Å². The van der Waals surface area contributed by atoms with Gasteiger partial charge in [-0.25, -0.2) is 4.52 Å². The van der Waals surface area contributed by atoms with Crippen molar-refractivity contribution in [2.45, 2.75) is 25.3 Å². The average molecular weight is 310 g/mol. The number of nitrogens with zero attached hydrogens (tertiary/aromatic N) is 3. The third-order valence-electron chi connectivity index (χ3n) is 3.25. The van der Waals surface area contributed by atoms with Gasteiger partial charge in [0.2, 0.25) is 5.95 Å². The van der Waals surface area contributed by atoms with Gasteiger partial charge in [-0.3, -0.25) is 0 Å². The van der Waals surface area contributed by atoms with Crippen molar-refractivity contribution in [3.05, 3.63) is 22.8 Å². The zero-order chi connectivity index (χ0) is 12.4. The first-order valence-electron chi connectivity index (χ1n) is 6.31. The fourth-order valence-corrected chi connectivity index (χ4v) is 2.73. The molecular weight excluding hydrogens is 294 g/mol. The van der Waals surface area contributed by atoms with Crippen LogP contribution in [0.4, 0.5) is 5.95 Å². The van der Waals surface area contributed by atoms with Crippen LogP contribution in [-0.2, 0) is 0 Å². The molecule has 2 N–H and O–H groups in total. The van der Waals surface area contributed by atoms with Gasteiger partial charge in [-0.05, 0) is 53.9 Å². The van der Waals surface area contributed by atoms with Crippen LogP contribution in [0.2, 0.25) is 0 Å². The summed E-state index contributed by atoms with van der Waals surface area (Å²) in [6, 6.07) is 4.56. The zero-order valence-electron chi connectivity index (χ0n) is 10.1. The highest BCUT2D eigenvalue weighted by Crippen LogP contribution is 2.17. The molecule has 0 radical (unpaired) electrons.